The number of anilines is 3. The van der Waals surface area contributed by atoms with E-state index in [1.165, 1.54) is 66.0 Å². The van der Waals surface area contributed by atoms with E-state index in [1.54, 1.807) is 0 Å². The predicted octanol–water partition coefficient (Wildman–Crippen LogP) is 16.1. The summed E-state index contributed by atoms with van der Waals surface area (Å²) in [7, 11) is 0. The van der Waals surface area contributed by atoms with Crippen LogP contribution in [-0.2, 0) is 0 Å². The van der Waals surface area contributed by atoms with Crippen molar-refractivity contribution in [1.29, 1.82) is 0 Å². The van der Waals surface area contributed by atoms with Gasteiger partial charge in [-0.3, -0.25) is 0 Å². The molecule has 0 saturated carbocycles. The number of hydrogen-bond acceptors (Lipinski definition) is 1. The molecule has 1 aromatic heterocycles. The van der Waals surface area contributed by atoms with Gasteiger partial charge >= 0.3 is 0 Å². The summed E-state index contributed by atoms with van der Waals surface area (Å²) in [6.45, 7) is 0. The fourth-order valence-corrected chi connectivity index (χ4v) is 8.98. The Labute approximate surface area is 350 Å². The van der Waals surface area contributed by atoms with Gasteiger partial charge < -0.3 is 9.47 Å². The fourth-order valence-electron chi connectivity index (χ4n) is 8.98. The monoisotopic (exact) mass is 764 g/mol. The SMILES string of the molecule is c1ccc(-c2ccc(-c3ccc(N(c4ccccc4)c4ccc(-n5c6ccccc6c6c7ccccc7ccc65)c(-c5ccccc5)c4)cc3-c3ccccc3)cc2)cc1. The van der Waals surface area contributed by atoms with Crippen LogP contribution in [0, 0.1) is 0 Å². The van der Waals surface area contributed by atoms with Crippen molar-refractivity contribution in [2.75, 3.05) is 4.90 Å². The first-order valence-electron chi connectivity index (χ1n) is 20.6. The molecule has 0 saturated heterocycles. The Bertz CT molecular complexity index is 3280. The molecule has 1 heterocycles. The minimum Gasteiger partial charge on any atom is -0.310 e. The molecule has 0 spiro atoms. The summed E-state index contributed by atoms with van der Waals surface area (Å²) in [4.78, 5) is 2.39. The molecule has 0 aliphatic heterocycles. The van der Waals surface area contributed by atoms with E-state index in [0.29, 0.717) is 0 Å². The highest BCUT2D eigenvalue weighted by Crippen LogP contribution is 2.45. The van der Waals surface area contributed by atoms with E-state index < -0.39 is 0 Å². The quantitative estimate of drug-likeness (QED) is 0.150. The molecular formula is C58H40N2. The lowest BCUT2D eigenvalue weighted by Crippen LogP contribution is -2.11. The zero-order valence-electron chi connectivity index (χ0n) is 33.0. The second kappa shape index (κ2) is 15.1. The third-order valence-electron chi connectivity index (χ3n) is 11.8. The highest BCUT2D eigenvalue weighted by molar-refractivity contribution is 6.21. The van der Waals surface area contributed by atoms with Crippen LogP contribution in [-0.4, -0.2) is 4.57 Å². The van der Waals surface area contributed by atoms with E-state index in [0.717, 1.165) is 33.9 Å². The Morgan fingerprint density at radius 2 is 0.783 bits per heavy atom. The van der Waals surface area contributed by atoms with Gasteiger partial charge in [0.1, 0.15) is 0 Å². The van der Waals surface area contributed by atoms with Crippen molar-refractivity contribution in [3.63, 3.8) is 0 Å². The zero-order chi connectivity index (χ0) is 39.8. The second-order valence-electron chi connectivity index (χ2n) is 15.3. The first-order valence-corrected chi connectivity index (χ1v) is 20.6. The molecule has 282 valence electrons. The Morgan fingerprint density at radius 3 is 1.48 bits per heavy atom. The first-order chi connectivity index (χ1) is 29.8. The Kier molecular flexibility index (Phi) is 8.87. The van der Waals surface area contributed by atoms with Crippen LogP contribution in [0.5, 0.6) is 0 Å². The topological polar surface area (TPSA) is 8.17 Å². The number of rotatable bonds is 8. The van der Waals surface area contributed by atoms with Gasteiger partial charge in [-0.25, -0.2) is 0 Å². The number of fused-ring (bicyclic) bond motifs is 5. The normalized spacial score (nSPS) is 11.3. The molecule has 0 radical (unpaired) electrons. The minimum absolute atomic E-state index is 1.08. The Morgan fingerprint density at radius 1 is 0.283 bits per heavy atom. The molecule has 10 aromatic carbocycles. The van der Waals surface area contributed by atoms with Gasteiger partial charge in [0.05, 0.1) is 16.7 Å². The number of aromatic nitrogens is 1. The molecule has 0 bridgehead atoms. The van der Waals surface area contributed by atoms with Crippen LogP contribution in [0.15, 0.2) is 243 Å². The molecule has 0 N–H and O–H groups in total. The second-order valence-corrected chi connectivity index (χ2v) is 15.3. The standard InChI is InChI=1S/C58H40N2/c1-5-17-41(18-6-1)42-29-31-46(32-30-42)50-36-34-48(39-53(50)43-19-7-2-8-20-43)59(47-24-11-4-12-25-47)49-35-38-56(54(40-49)44-21-9-3-10-22-44)60-55-28-16-15-27-52(55)58-51-26-14-13-23-45(51)33-37-57(58)60/h1-40H. The summed E-state index contributed by atoms with van der Waals surface area (Å²) in [6.07, 6.45) is 0. The molecule has 11 rings (SSSR count). The summed E-state index contributed by atoms with van der Waals surface area (Å²) in [5, 5.41) is 5.04. The van der Waals surface area contributed by atoms with Crippen LogP contribution < -0.4 is 4.90 Å². The lowest BCUT2D eigenvalue weighted by molar-refractivity contribution is 1.18. The highest BCUT2D eigenvalue weighted by Gasteiger charge is 2.21. The van der Waals surface area contributed by atoms with E-state index in [4.69, 9.17) is 0 Å². The average molecular weight is 765 g/mol. The minimum atomic E-state index is 1.08. The Balaban J connectivity index is 1.11. The third-order valence-corrected chi connectivity index (χ3v) is 11.8. The van der Waals surface area contributed by atoms with Crippen LogP contribution in [0.2, 0.25) is 0 Å². The van der Waals surface area contributed by atoms with Crippen LogP contribution in [0.3, 0.4) is 0 Å². The highest BCUT2D eigenvalue weighted by atomic mass is 15.1. The summed E-state index contributed by atoms with van der Waals surface area (Å²) >= 11 is 0. The molecule has 60 heavy (non-hydrogen) atoms. The van der Waals surface area contributed by atoms with Crippen LogP contribution in [0.1, 0.15) is 0 Å². The third kappa shape index (κ3) is 6.23. The van der Waals surface area contributed by atoms with Gasteiger partial charge in [0, 0.05) is 33.4 Å². The molecular weight excluding hydrogens is 725 g/mol. The number of nitrogens with zero attached hydrogens (tertiary/aromatic N) is 2. The van der Waals surface area contributed by atoms with Crippen molar-refractivity contribution in [2.24, 2.45) is 0 Å². The van der Waals surface area contributed by atoms with Gasteiger partial charge in [0.25, 0.3) is 0 Å². The fraction of sp³-hybridized carbons (Fsp3) is 0. The largest absolute Gasteiger partial charge is 0.310 e. The molecule has 0 fully saturated rings. The van der Waals surface area contributed by atoms with Crippen molar-refractivity contribution in [3.05, 3.63) is 243 Å². The van der Waals surface area contributed by atoms with E-state index >= 15 is 0 Å². The van der Waals surface area contributed by atoms with Crippen LogP contribution >= 0.6 is 0 Å². The van der Waals surface area contributed by atoms with Crippen LogP contribution in [0.4, 0.5) is 17.1 Å². The average Bonchev–Trinajstić information content (AvgIpc) is 3.67. The maximum absolute atomic E-state index is 2.46. The predicted molar refractivity (Wildman–Crippen MR) is 255 cm³/mol. The van der Waals surface area contributed by atoms with Gasteiger partial charge in [-0.15, -0.1) is 0 Å². The maximum Gasteiger partial charge on any atom is 0.0547 e. The van der Waals surface area contributed by atoms with E-state index in [9.17, 15) is 0 Å². The summed E-state index contributed by atoms with van der Waals surface area (Å²) < 4.78 is 2.46. The summed E-state index contributed by atoms with van der Waals surface area (Å²) in [5.74, 6) is 0. The van der Waals surface area contributed by atoms with Crippen LogP contribution in [0.25, 0.3) is 82.8 Å². The maximum atomic E-state index is 2.46. The van der Waals surface area contributed by atoms with Gasteiger partial charge in [0.15, 0.2) is 0 Å². The van der Waals surface area contributed by atoms with Crippen molar-refractivity contribution in [3.8, 4) is 50.2 Å². The molecule has 0 amide bonds. The molecule has 2 heteroatoms. The molecule has 0 aliphatic rings. The molecule has 0 unspecified atom stereocenters. The van der Waals surface area contributed by atoms with Gasteiger partial charge in [0.2, 0.25) is 0 Å². The van der Waals surface area contributed by atoms with E-state index in [2.05, 4.69) is 252 Å². The van der Waals surface area contributed by atoms with Crippen molar-refractivity contribution >= 4 is 49.6 Å². The van der Waals surface area contributed by atoms with E-state index in [-0.39, 0.29) is 0 Å². The van der Waals surface area contributed by atoms with Gasteiger partial charge in [-0.05, 0) is 104 Å². The van der Waals surface area contributed by atoms with Gasteiger partial charge in [-0.1, -0.05) is 188 Å². The number of benzene rings is 10. The van der Waals surface area contributed by atoms with Crippen molar-refractivity contribution < 1.29 is 0 Å². The molecule has 0 aliphatic carbocycles. The van der Waals surface area contributed by atoms with E-state index in [1.807, 2.05) is 0 Å². The first kappa shape index (κ1) is 35.2. The number of hydrogen-bond donors (Lipinski definition) is 0. The molecule has 11 aromatic rings. The van der Waals surface area contributed by atoms with Crippen molar-refractivity contribution in [2.45, 2.75) is 0 Å². The Hall–Kier alpha value is -7.94. The van der Waals surface area contributed by atoms with Gasteiger partial charge in [-0.2, -0.15) is 0 Å². The molecule has 0 atom stereocenters. The lowest BCUT2D eigenvalue weighted by atomic mass is 9.92. The summed E-state index contributed by atoms with van der Waals surface area (Å²) in [5.41, 5.74) is 16.2. The summed E-state index contributed by atoms with van der Waals surface area (Å²) in [6, 6.07) is 87.9. The zero-order valence-corrected chi connectivity index (χ0v) is 33.0. The molecule has 2 nitrogen and oxygen atoms in total. The van der Waals surface area contributed by atoms with Crippen molar-refractivity contribution in [1.82, 2.24) is 4.57 Å². The smallest absolute Gasteiger partial charge is 0.0547 e. The number of para-hydroxylation sites is 2. The lowest BCUT2D eigenvalue weighted by Gasteiger charge is -2.28.